The number of hydrogen-bond donors (Lipinski definition) is 6. The molecular formula is CH8NO10P3. The smallest absolute Gasteiger partial charge is 0.534 e. The largest absolute Gasteiger partial charge is 0.619 e. The lowest BCUT2D eigenvalue weighted by Crippen LogP contribution is -2.35. The summed E-state index contributed by atoms with van der Waals surface area (Å²) in [4.78, 5) is 50.1. The van der Waals surface area contributed by atoms with Gasteiger partial charge in [0.2, 0.25) is 0 Å². The normalized spacial score (nSPS) is 15.4. The Morgan fingerprint density at radius 1 is 0.867 bits per heavy atom. The van der Waals surface area contributed by atoms with Crippen LogP contribution in [-0.4, -0.2) is 39.8 Å². The van der Waals surface area contributed by atoms with Crippen LogP contribution in [-0.2, 0) is 13.7 Å². The van der Waals surface area contributed by atoms with E-state index in [9.17, 15) is 18.9 Å². The van der Waals surface area contributed by atoms with E-state index in [1.165, 1.54) is 0 Å². The van der Waals surface area contributed by atoms with Crippen LogP contribution in [0.3, 0.4) is 0 Å². The van der Waals surface area contributed by atoms with Gasteiger partial charge in [0.05, 0.1) is 0 Å². The molecule has 0 atom stereocenters. The third-order valence-electron chi connectivity index (χ3n) is 1.18. The SMILES string of the molecule is O=P(O)(O)C[N+]([O-])(P(=O)(O)O)P(=O)(O)O. The zero-order chi connectivity index (χ0) is 12.7. The number of quaternary nitrogens is 1. The van der Waals surface area contributed by atoms with Crippen molar-refractivity contribution < 1.29 is 47.2 Å². The first-order valence-electron chi connectivity index (χ1n) is 2.96. The third-order valence-corrected chi connectivity index (χ3v) is 5.71. The number of nitrogens with zero attached hydrogens (tertiary/aromatic N) is 1. The predicted octanol–water partition coefficient (Wildman–Crippen LogP) is -1.38. The second-order valence-electron chi connectivity index (χ2n) is 2.50. The van der Waals surface area contributed by atoms with Crippen molar-refractivity contribution in [1.82, 2.24) is 0 Å². The maximum atomic E-state index is 11.1. The molecular weight excluding hydrogens is 279 g/mol. The Balaban J connectivity index is 5.57. The van der Waals surface area contributed by atoms with Crippen LogP contribution in [0, 0.1) is 5.21 Å². The van der Waals surface area contributed by atoms with Gasteiger partial charge in [-0.25, -0.2) is 9.13 Å². The molecule has 0 saturated heterocycles. The van der Waals surface area contributed by atoms with Gasteiger partial charge in [-0.1, -0.05) is 0 Å². The molecule has 0 unspecified atom stereocenters. The molecule has 0 aliphatic rings. The molecule has 0 aromatic carbocycles. The van der Waals surface area contributed by atoms with Gasteiger partial charge in [-0.2, -0.15) is 4.19 Å². The minimum Gasteiger partial charge on any atom is -0.619 e. The van der Waals surface area contributed by atoms with Gasteiger partial charge >= 0.3 is 23.1 Å². The Bertz CT molecular complexity index is 346. The van der Waals surface area contributed by atoms with E-state index in [4.69, 9.17) is 29.4 Å². The van der Waals surface area contributed by atoms with E-state index >= 15 is 0 Å². The molecule has 0 aliphatic carbocycles. The van der Waals surface area contributed by atoms with Gasteiger partial charge in [0.25, 0.3) is 0 Å². The molecule has 0 saturated carbocycles. The molecule has 0 aromatic rings. The summed E-state index contributed by atoms with van der Waals surface area (Å²) in [6.07, 6.45) is -2.21. The van der Waals surface area contributed by atoms with Crippen molar-refractivity contribution in [3.05, 3.63) is 5.21 Å². The highest BCUT2D eigenvalue weighted by molar-refractivity contribution is 7.60. The van der Waals surface area contributed by atoms with E-state index in [2.05, 4.69) is 0 Å². The topological polar surface area (TPSA) is 196 Å². The predicted molar refractivity (Wildman–Crippen MR) is 44.6 cm³/mol. The number of hydrogen-bond acceptors (Lipinski definition) is 4. The second-order valence-corrected chi connectivity index (χ2v) is 7.77. The first-order valence-corrected chi connectivity index (χ1v) is 7.89. The van der Waals surface area contributed by atoms with Crippen molar-refractivity contribution in [2.75, 3.05) is 6.29 Å². The van der Waals surface area contributed by atoms with E-state index in [1.54, 1.807) is 0 Å². The summed E-state index contributed by atoms with van der Waals surface area (Å²) in [6, 6.07) is 0. The summed E-state index contributed by atoms with van der Waals surface area (Å²) in [7, 11) is -17.3. The molecule has 0 fully saturated rings. The zero-order valence-corrected chi connectivity index (χ0v) is 9.50. The lowest BCUT2D eigenvalue weighted by Gasteiger charge is -2.39. The van der Waals surface area contributed by atoms with Gasteiger partial charge in [0.15, 0.2) is 6.29 Å². The van der Waals surface area contributed by atoms with Crippen molar-refractivity contribution >= 4 is 23.1 Å². The molecule has 11 nitrogen and oxygen atoms in total. The fourth-order valence-electron chi connectivity index (χ4n) is 0.557. The molecule has 0 bridgehead atoms. The van der Waals surface area contributed by atoms with Crippen LogP contribution in [0.5, 0.6) is 0 Å². The molecule has 14 heteroatoms. The van der Waals surface area contributed by atoms with Gasteiger partial charge in [-0.15, -0.1) is 0 Å². The fraction of sp³-hybridized carbons (Fsp3) is 1.00. The van der Waals surface area contributed by atoms with Gasteiger partial charge in [0.1, 0.15) is 0 Å². The molecule has 0 amide bonds. The van der Waals surface area contributed by atoms with Crippen LogP contribution in [0.25, 0.3) is 0 Å². The highest BCUT2D eigenvalue weighted by atomic mass is 31.3. The van der Waals surface area contributed by atoms with Crippen LogP contribution >= 0.6 is 23.1 Å². The molecule has 0 heterocycles. The minimum atomic E-state index is -5.98. The fourth-order valence-corrected chi connectivity index (χ4v) is 4.56. The van der Waals surface area contributed by atoms with Crippen LogP contribution in [0.2, 0.25) is 0 Å². The maximum Gasteiger partial charge on any atom is 0.534 e. The number of hydroxylamine groups is 1. The van der Waals surface area contributed by atoms with Crippen molar-refractivity contribution in [3.63, 3.8) is 0 Å². The highest BCUT2D eigenvalue weighted by Crippen LogP contribution is 2.68. The molecule has 15 heavy (non-hydrogen) atoms. The van der Waals surface area contributed by atoms with Crippen LogP contribution in [0.15, 0.2) is 0 Å². The molecule has 0 aliphatic heterocycles. The summed E-state index contributed by atoms with van der Waals surface area (Å²) in [5.74, 6) is 0. The van der Waals surface area contributed by atoms with E-state index in [0.717, 1.165) is 0 Å². The summed E-state index contributed by atoms with van der Waals surface area (Å²) in [6.45, 7) is 0. The monoisotopic (exact) mass is 287 g/mol. The third kappa shape index (κ3) is 3.70. The molecule has 0 aromatic heterocycles. The van der Waals surface area contributed by atoms with E-state index < -0.39 is 33.6 Å². The van der Waals surface area contributed by atoms with Gasteiger partial charge < -0.3 is 15.0 Å². The first-order chi connectivity index (χ1) is 6.21. The summed E-state index contributed by atoms with van der Waals surface area (Å²) < 4.78 is 27.7. The second kappa shape index (κ2) is 3.99. The summed E-state index contributed by atoms with van der Waals surface area (Å²) in [5.41, 5.74) is 0. The molecule has 0 spiro atoms. The minimum absolute atomic E-state index is 2.21. The molecule has 0 radical (unpaired) electrons. The van der Waals surface area contributed by atoms with Crippen molar-refractivity contribution in [2.45, 2.75) is 0 Å². The van der Waals surface area contributed by atoms with Gasteiger partial charge in [0, 0.05) is 0 Å². The van der Waals surface area contributed by atoms with Crippen LogP contribution in [0.1, 0.15) is 0 Å². The Labute approximate surface area is 82.7 Å². The number of rotatable bonds is 4. The molecule has 6 N–H and O–H groups in total. The van der Waals surface area contributed by atoms with Gasteiger partial charge in [-0.05, 0) is 0 Å². The van der Waals surface area contributed by atoms with E-state index in [1.807, 2.05) is 0 Å². The molecule has 0 rings (SSSR count). The van der Waals surface area contributed by atoms with E-state index in [-0.39, 0.29) is 0 Å². The highest BCUT2D eigenvalue weighted by Gasteiger charge is 2.56. The first kappa shape index (κ1) is 15.4. The maximum absolute atomic E-state index is 11.1. The average Bonchev–Trinajstić information content (AvgIpc) is 1.77. The molecule has 92 valence electrons. The lowest BCUT2D eigenvalue weighted by molar-refractivity contribution is -0.642. The summed E-state index contributed by atoms with van der Waals surface area (Å²) in [5, 5.41) is 11.1. The van der Waals surface area contributed by atoms with Crippen molar-refractivity contribution in [2.24, 2.45) is 0 Å². The lowest BCUT2D eigenvalue weighted by atomic mass is 11.5. The van der Waals surface area contributed by atoms with E-state index in [0.29, 0.717) is 0 Å². The standard InChI is InChI=1S/CH8NO10P3/c3-2(14(7,8)9,15(10,11)12)1-13(4,5)6/h1H2,(H2,4,5,6)(H2,7,8,9)(H2,10,11,12). The quantitative estimate of drug-likeness (QED) is 0.265. The van der Waals surface area contributed by atoms with Crippen LogP contribution in [0.4, 0.5) is 0 Å². The Morgan fingerprint density at radius 2 is 1.13 bits per heavy atom. The Kier molecular flexibility index (Phi) is 4.09. The summed E-state index contributed by atoms with van der Waals surface area (Å²) >= 11 is 0. The Hall–Kier alpha value is 0.370. The van der Waals surface area contributed by atoms with Crippen molar-refractivity contribution in [1.29, 1.82) is 0 Å². The Morgan fingerprint density at radius 3 is 1.20 bits per heavy atom. The van der Waals surface area contributed by atoms with Crippen molar-refractivity contribution in [3.8, 4) is 0 Å². The van der Waals surface area contributed by atoms with Crippen LogP contribution < -0.4 is 0 Å². The zero-order valence-electron chi connectivity index (χ0n) is 6.81. The average molecular weight is 287 g/mol. The van der Waals surface area contributed by atoms with Gasteiger partial charge in [-0.3, -0.25) is 24.1 Å².